The Labute approximate surface area is 112 Å². The quantitative estimate of drug-likeness (QED) is 0.544. The molecule has 0 aliphatic heterocycles. The number of carbonyl (C=O) groups excluding carboxylic acids is 1. The molecule has 0 aliphatic carbocycles. The summed E-state index contributed by atoms with van der Waals surface area (Å²) >= 11 is 0. The van der Waals surface area contributed by atoms with Crippen molar-refractivity contribution in [3.8, 4) is 5.75 Å². The van der Waals surface area contributed by atoms with Crippen molar-refractivity contribution in [1.82, 2.24) is 0 Å². The van der Waals surface area contributed by atoms with E-state index in [1.807, 2.05) is 32.0 Å². The third kappa shape index (κ3) is 4.69. The zero-order valence-corrected chi connectivity index (χ0v) is 11.3. The zero-order valence-electron chi connectivity index (χ0n) is 9.32. The SMILES string of the molecule is CC(C)c1ccccc1OCC(=O)[O-].[Na+]. The van der Waals surface area contributed by atoms with E-state index in [1.54, 1.807) is 6.07 Å². The Kier molecular flexibility index (Phi) is 6.65. The zero-order chi connectivity index (χ0) is 10.6. The van der Waals surface area contributed by atoms with Crippen LogP contribution in [0.1, 0.15) is 25.3 Å². The van der Waals surface area contributed by atoms with Crippen molar-refractivity contribution >= 4 is 5.97 Å². The molecule has 1 rings (SSSR count). The van der Waals surface area contributed by atoms with Crippen molar-refractivity contribution < 1.29 is 44.2 Å². The third-order valence-corrected chi connectivity index (χ3v) is 1.89. The Bertz CT molecular complexity index is 323. The van der Waals surface area contributed by atoms with Gasteiger partial charge < -0.3 is 14.6 Å². The molecular formula is C11H13NaO3. The Morgan fingerprint density at radius 1 is 1.40 bits per heavy atom. The number of rotatable bonds is 4. The van der Waals surface area contributed by atoms with Crippen LogP contribution in [0.3, 0.4) is 0 Å². The molecule has 0 N–H and O–H groups in total. The Hall–Kier alpha value is -0.510. The number of carboxylic acid groups (broad SMARTS) is 1. The van der Waals surface area contributed by atoms with Crippen LogP contribution in [0.15, 0.2) is 24.3 Å². The molecule has 0 saturated heterocycles. The summed E-state index contributed by atoms with van der Waals surface area (Å²) in [6, 6.07) is 7.41. The van der Waals surface area contributed by atoms with E-state index in [0.717, 1.165) is 5.56 Å². The third-order valence-electron chi connectivity index (χ3n) is 1.89. The molecule has 0 bridgehead atoms. The first-order chi connectivity index (χ1) is 6.61. The normalized spacial score (nSPS) is 9.53. The summed E-state index contributed by atoms with van der Waals surface area (Å²) < 4.78 is 5.10. The van der Waals surface area contributed by atoms with Gasteiger partial charge in [0.05, 0.1) is 5.97 Å². The van der Waals surface area contributed by atoms with Gasteiger partial charge in [0.1, 0.15) is 12.4 Å². The van der Waals surface area contributed by atoms with Crippen molar-refractivity contribution in [1.29, 1.82) is 0 Å². The van der Waals surface area contributed by atoms with E-state index in [4.69, 9.17) is 4.74 Å². The average Bonchev–Trinajstić information content (AvgIpc) is 2.15. The molecular weight excluding hydrogens is 203 g/mol. The van der Waals surface area contributed by atoms with Crippen LogP contribution in [0.4, 0.5) is 0 Å². The van der Waals surface area contributed by atoms with Gasteiger partial charge in [0.15, 0.2) is 0 Å². The second kappa shape index (κ2) is 6.88. The molecule has 3 nitrogen and oxygen atoms in total. The van der Waals surface area contributed by atoms with Gasteiger partial charge in [-0.1, -0.05) is 32.0 Å². The van der Waals surface area contributed by atoms with E-state index in [2.05, 4.69) is 0 Å². The minimum absolute atomic E-state index is 0. The van der Waals surface area contributed by atoms with Gasteiger partial charge in [0.2, 0.25) is 0 Å². The maximum absolute atomic E-state index is 10.2. The largest absolute Gasteiger partial charge is 1.00 e. The van der Waals surface area contributed by atoms with E-state index < -0.39 is 12.6 Å². The number of benzene rings is 1. The number of ether oxygens (including phenoxy) is 1. The molecule has 1 aromatic carbocycles. The smallest absolute Gasteiger partial charge is 0.546 e. The second-order valence-corrected chi connectivity index (χ2v) is 3.35. The van der Waals surface area contributed by atoms with Crippen molar-refractivity contribution in [2.24, 2.45) is 0 Å². The molecule has 0 aromatic heterocycles. The van der Waals surface area contributed by atoms with E-state index in [-0.39, 0.29) is 29.6 Å². The van der Waals surface area contributed by atoms with E-state index in [9.17, 15) is 9.90 Å². The maximum atomic E-state index is 10.2. The number of hydrogen-bond acceptors (Lipinski definition) is 3. The topological polar surface area (TPSA) is 49.4 Å². The predicted octanol–water partition coefficient (Wildman–Crippen LogP) is -2.06. The van der Waals surface area contributed by atoms with Gasteiger partial charge >= 0.3 is 29.6 Å². The summed E-state index contributed by atoms with van der Waals surface area (Å²) in [5, 5.41) is 10.2. The fourth-order valence-corrected chi connectivity index (χ4v) is 1.23. The maximum Gasteiger partial charge on any atom is 1.00 e. The van der Waals surface area contributed by atoms with Crippen molar-refractivity contribution in [3.63, 3.8) is 0 Å². The molecule has 1 aromatic rings. The average molecular weight is 216 g/mol. The minimum Gasteiger partial charge on any atom is -0.546 e. The molecule has 15 heavy (non-hydrogen) atoms. The van der Waals surface area contributed by atoms with Gasteiger partial charge in [-0.05, 0) is 17.5 Å². The van der Waals surface area contributed by atoms with Gasteiger partial charge in [-0.3, -0.25) is 0 Å². The minimum atomic E-state index is -1.21. The fourth-order valence-electron chi connectivity index (χ4n) is 1.23. The van der Waals surface area contributed by atoms with E-state index in [1.165, 1.54) is 0 Å². The first-order valence-corrected chi connectivity index (χ1v) is 4.53. The van der Waals surface area contributed by atoms with Crippen LogP contribution in [0, 0.1) is 0 Å². The molecule has 0 radical (unpaired) electrons. The van der Waals surface area contributed by atoms with E-state index >= 15 is 0 Å². The van der Waals surface area contributed by atoms with Crippen molar-refractivity contribution in [2.75, 3.05) is 6.61 Å². The van der Waals surface area contributed by atoms with Crippen molar-refractivity contribution in [3.05, 3.63) is 29.8 Å². The van der Waals surface area contributed by atoms with Crippen LogP contribution in [-0.4, -0.2) is 12.6 Å². The molecule has 4 heteroatoms. The van der Waals surface area contributed by atoms with Crippen LogP contribution in [0.25, 0.3) is 0 Å². The molecule has 0 heterocycles. The van der Waals surface area contributed by atoms with Crippen LogP contribution in [-0.2, 0) is 4.79 Å². The molecule has 0 unspecified atom stereocenters. The summed E-state index contributed by atoms with van der Waals surface area (Å²) in [6.45, 7) is 3.66. The summed E-state index contributed by atoms with van der Waals surface area (Å²) in [7, 11) is 0. The predicted molar refractivity (Wildman–Crippen MR) is 51.0 cm³/mol. The van der Waals surface area contributed by atoms with Crippen LogP contribution in [0.5, 0.6) is 5.75 Å². The number of para-hydroxylation sites is 1. The Morgan fingerprint density at radius 3 is 2.53 bits per heavy atom. The molecule has 0 saturated carbocycles. The Balaban J connectivity index is 0.00000196. The first kappa shape index (κ1) is 14.5. The molecule has 0 fully saturated rings. The Morgan fingerprint density at radius 2 is 2.00 bits per heavy atom. The van der Waals surface area contributed by atoms with Gasteiger partial charge in [0, 0.05) is 0 Å². The summed E-state index contributed by atoms with van der Waals surface area (Å²) in [5.41, 5.74) is 1.01. The number of aliphatic carboxylic acids is 1. The standard InChI is InChI=1S/C11H14O3.Na/c1-8(2)9-5-3-4-6-10(9)14-7-11(12)13;/h3-6,8H,7H2,1-2H3,(H,12,13);/q;+1/p-1. The number of hydrogen-bond donors (Lipinski definition) is 0. The van der Waals surface area contributed by atoms with Gasteiger partial charge in [-0.2, -0.15) is 0 Å². The van der Waals surface area contributed by atoms with Gasteiger partial charge in [0.25, 0.3) is 0 Å². The monoisotopic (exact) mass is 216 g/mol. The van der Waals surface area contributed by atoms with E-state index in [0.29, 0.717) is 11.7 Å². The molecule has 0 atom stereocenters. The second-order valence-electron chi connectivity index (χ2n) is 3.35. The summed E-state index contributed by atoms with van der Waals surface area (Å²) in [4.78, 5) is 10.2. The van der Waals surface area contributed by atoms with Crippen LogP contribution < -0.4 is 39.4 Å². The van der Waals surface area contributed by atoms with Crippen LogP contribution in [0.2, 0.25) is 0 Å². The van der Waals surface area contributed by atoms with Gasteiger partial charge in [-0.15, -0.1) is 0 Å². The molecule has 0 spiro atoms. The molecule has 76 valence electrons. The fraction of sp³-hybridized carbons (Fsp3) is 0.364. The molecule has 0 amide bonds. The summed E-state index contributed by atoms with van der Waals surface area (Å²) in [6.07, 6.45) is 0. The number of carboxylic acids is 1. The van der Waals surface area contributed by atoms with Crippen LogP contribution >= 0.6 is 0 Å². The first-order valence-electron chi connectivity index (χ1n) is 4.53. The van der Waals surface area contributed by atoms with Gasteiger partial charge in [-0.25, -0.2) is 0 Å². The molecule has 0 aliphatic rings. The number of carbonyl (C=O) groups is 1. The summed E-state index contributed by atoms with van der Waals surface area (Å²) in [5.74, 6) is -0.275. The van der Waals surface area contributed by atoms with Crippen molar-refractivity contribution in [2.45, 2.75) is 19.8 Å².